The van der Waals surface area contributed by atoms with Crippen LogP contribution in [-0.2, 0) is 11.2 Å². The van der Waals surface area contributed by atoms with Crippen molar-refractivity contribution in [3.05, 3.63) is 23.8 Å². The van der Waals surface area contributed by atoms with Gasteiger partial charge in [0.25, 0.3) is 0 Å². The largest absolute Gasteiger partial charge is 0.616 e. The third-order valence-corrected chi connectivity index (χ3v) is 3.54. The summed E-state index contributed by atoms with van der Waals surface area (Å²) in [5, 5.41) is 0. The molecule has 2 heteroatoms. The van der Waals surface area contributed by atoms with E-state index in [0.717, 1.165) is 17.9 Å². The molecule has 54 valence electrons. The monoisotopic (exact) mass is 154 g/mol. The predicted molar refractivity (Wildman–Crippen MR) is 43.2 cm³/mol. The van der Waals surface area contributed by atoms with Crippen LogP contribution in [-0.4, -0.2) is 16.1 Å². The van der Waals surface area contributed by atoms with Crippen molar-refractivity contribution in [3.8, 4) is 0 Å². The fourth-order valence-corrected chi connectivity index (χ4v) is 3.15. The van der Waals surface area contributed by atoms with Crippen LogP contribution >= 0.6 is 0 Å². The third kappa shape index (κ3) is 1.02. The molecule has 10 heavy (non-hydrogen) atoms. The van der Waals surface area contributed by atoms with Crippen LogP contribution in [0.3, 0.4) is 0 Å². The first-order chi connectivity index (χ1) is 4.86. The SMILES string of the molecule is [O-][S+]1CC2=CC=CCC2C1. The predicted octanol–water partition coefficient (Wildman–Crippen LogP) is 1.25. The zero-order valence-electron chi connectivity index (χ0n) is 5.75. The minimum Gasteiger partial charge on any atom is -0.616 e. The average Bonchev–Trinajstić information content (AvgIpc) is 2.27. The van der Waals surface area contributed by atoms with E-state index in [9.17, 15) is 4.55 Å². The molecule has 1 fully saturated rings. The molecular weight excluding hydrogens is 144 g/mol. The Morgan fingerprint density at radius 3 is 3.30 bits per heavy atom. The summed E-state index contributed by atoms with van der Waals surface area (Å²) in [6.45, 7) is 0. The smallest absolute Gasteiger partial charge is 0.127 e. The van der Waals surface area contributed by atoms with Crippen LogP contribution < -0.4 is 0 Å². The Kier molecular flexibility index (Phi) is 1.58. The van der Waals surface area contributed by atoms with Gasteiger partial charge in [0.1, 0.15) is 11.5 Å². The highest BCUT2D eigenvalue weighted by atomic mass is 32.2. The van der Waals surface area contributed by atoms with Crippen molar-refractivity contribution in [2.75, 3.05) is 11.5 Å². The van der Waals surface area contributed by atoms with E-state index < -0.39 is 11.2 Å². The molecular formula is C8H10OS. The summed E-state index contributed by atoms with van der Waals surface area (Å²) in [6, 6.07) is 0. The van der Waals surface area contributed by atoms with Gasteiger partial charge in [0.2, 0.25) is 0 Å². The molecule has 1 saturated heterocycles. The van der Waals surface area contributed by atoms with Crippen molar-refractivity contribution in [3.63, 3.8) is 0 Å². The molecule has 1 nitrogen and oxygen atoms in total. The van der Waals surface area contributed by atoms with E-state index in [1.807, 2.05) is 0 Å². The van der Waals surface area contributed by atoms with E-state index in [1.165, 1.54) is 5.57 Å². The van der Waals surface area contributed by atoms with Crippen LogP contribution in [0.1, 0.15) is 6.42 Å². The van der Waals surface area contributed by atoms with Gasteiger partial charge in [0.15, 0.2) is 0 Å². The molecule has 2 atom stereocenters. The third-order valence-electron chi connectivity index (χ3n) is 2.11. The maximum atomic E-state index is 11.1. The Bertz CT molecular complexity index is 195. The second-order valence-electron chi connectivity index (χ2n) is 2.85. The highest BCUT2D eigenvalue weighted by Gasteiger charge is 2.30. The second kappa shape index (κ2) is 2.44. The van der Waals surface area contributed by atoms with Crippen molar-refractivity contribution in [1.29, 1.82) is 0 Å². The molecule has 0 saturated carbocycles. The minimum atomic E-state index is -0.551. The molecule has 1 aliphatic carbocycles. The number of hydrogen-bond acceptors (Lipinski definition) is 1. The van der Waals surface area contributed by atoms with Crippen LogP contribution in [0, 0.1) is 5.92 Å². The Balaban J connectivity index is 2.18. The summed E-state index contributed by atoms with van der Waals surface area (Å²) in [5.74, 6) is 2.34. The van der Waals surface area contributed by atoms with Gasteiger partial charge < -0.3 is 4.55 Å². The molecule has 2 unspecified atom stereocenters. The highest BCUT2D eigenvalue weighted by molar-refractivity contribution is 7.91. The van der Waals surface area contributed by atoms with Gasteiger partial charge in [0, 0.05) is 5.92 Å². The van der Waals surface area contributed by atoms with E-state index in [2.05, 4.69) is 18.2 Å². The number of hydrogen-bond donors (Lipinski definition) is 0. The van der Waals surface area contributed by atoms with Gasteiger partial charge in [-0.2, -0.15) is 0 Å². The molecule has 0 spiro atoms. The number of fused-ring (bicyclic) bond motifs is 1. The molecule has 0 amide bonds. The summed E-state index contributed by atoms with van der Waals surface area (Å²) in [7, 11) is 0. The lowest BCUT2D eigenvalue weighted by Gasteiger charge is -2.06. The molecule has 0 bridgehead atoms. The van der Waals surface area contributed by atoms with Crippen molar-refractivity contribution in [1.82, 2.24) is 0 Å². The molecule has 0 aromatic heterocycles. The van der Waals surface area contributed by atoms with Crippen LogP contribution in [0.5, 0.6) is 0 Å². The molecule has 0 radical (unpaired) electrons. The fraction of sp³-hybridized carbons (Fsp3) is 0.500. The first kappa shape index (κ1) is 6.50. The number of rotatable bonds is 0. The maximum Gasteiger partial charge on any atom is 0.127 e. The molecule has 2 rings (SSSR count). The van der Waals surface area contributed by atoms with Gasteiger partial charge in [-0.25, -0.2) is 0 Å². The van der Waals surface area contributed by atoms with Gasteiger partial charge in [-0.05, 0) is 23.2 Å². The number of allylic oxidation sites excluding steroid dienone is 3. The Morgan fingerprint density at radius 1 is 1.60 bits per heavy atom. The summed E-state index contributed by atoms with van der Waals surface area (Å²) in [6.07, 6.45) is 7.47. The van der Waals surface area contributed by atoms with Gasteiger partial charge in [-0.1, -0.05) is 18.2 Å². The lowest BCUT2D eigenvalue weighted by Crippen LogP contribution is -2.04. The minimum absolute atomic E-state index is 0.551. The van der Waals surface area contributed by atoms with Crippen LogP contribution in [0.25, 0.3) is 0 Å². The maximum absolute atomic E-state index is 11.1. The highest BCUT2D eigenvalue weighted by Crippen LogP contribution is 2.29. The van der Waals surface area contributed by atoms with E-state index in [4.69, 9.17) is 0 Å². The van der Waals surface area contributed by atoms with Gasteiger partial charge in [0.05, 0.1) is 0 Å². The molecule has 1 aliphatic heterocycles. The van der Waals surface area contributed by atoms with Crippen molar-refractivity contribution in [2.24, 2.45) is 5.92 Å². The van der Waals surface area contributed by atoms with E-state index >= 15 is 0 Å². The van der Waals surface area contributed by atoms with Crippen molar-refractivity contribution in [2.45, 2.75) is 6.42 Å². The molecule has 0 aromatic carbocycles. The van der Waals surface area contributed by atoms with E-state index in [1.54, 1.807) is 0 Å². The zero-order valence-corrected chi connectivity index (χ0v) is 6.56. The van der Waals surface area contributed by atoms with Crippen molar-refractivity contribution >= 4 is 11.2 Å². The van der Waals surface area contributed by atoms with Crippen LogP contribution in [0.4, 0.5) is 0 Å². The summed E-state index contributed by atoms with van der Waals surface area (Å²) >= 11 is -0.551. The van der Waals surface area contributed by atoms with E-state index in [-0.39, 0.29) is 0 Å². The average molecular weight is 154 g/mol. The first-order valence-electron chi connectivity index (χ1n) is 3.57. The lowest BCUT2D eigenvalue weighted by atomic mass is 9.95. The van der Waals surface area contributed by atoms with Crippen LogP contribution in [0.15, 0.2) is 23.8 Å². The van der Waals surface area contributed by atoms with Crippen molar-refractivity contribution < 1.29 is 4.55 Å². The Hall–Kier alpha value is -0.210. The standard InChI is InChI=1S/C8H10OS/c9-10-5-7-3-1-2-4-8(7)6-10/h1-3,8H,4-6H2. The first-order valence-corrected chi connectivity index (χ1v) is 5.05. The fourth-order valence-electron chi connectivity index (χ4n) is 1.53. The quantitative estimate of drug-likeness (QED) is 0.482. The van der Waals surface area contributed by atoms with Crippen LogP contribution in [0.2, 0.25) is 0 Å². The van der Waals surface area contributed by atoms with Gasteiger partial charge in [-0.15, -0.1) is 0 Å². The normalized spacial score (nSPS) is 37.5. The Morgan fingerprint density at radius 2 is 2.50 bits per heavy atom. The molecule has 0 N–H and O–H groups in total. The molecule has 0 aromatic rings. The van der Waals surface area contributed by atoms with Gasteiger partial charge >= 0.3 is 0 Å². The second-order valence-corrected chi connectivity index (χ2v) is 4.35. The summed E-state index contributed by atoms with van der Waals surface area (Å²) in [5.41, 5.74) is 1.40. The van der Waals surface area contributed by atoms with Gasteiger partial charge in [-0.3, -0.25) is 0 Å². The summed E-state index contributed by atoms with van der Waals surface area (Å²) < 4.78 is 11.1. The molecule has 2 aliphatic rings. The van der Waals surface area contributed by atoms with E-state index in [0.29, 0.717) is 5.92 Å². The zero-order chi connectivity index (χ0) is 6.97. The summed E-state index contributed by atoms with van der Waals surface area (Å²) in [4.78, 5) is 0. The molecule has 1 heterocycles. The lowest BCUT2D eigenvalue weighted by molar-refractivity contribution is 0.596. The Labute approximate surface area is 64.0 Å². The topological polar surface area (TPSA) is 23.1 Å².